The molecule has 8 heteroatoms. The zero-order valence-corrected chi connectivity index (χ0v) is 18.7. The molecule has 3 rings (SSSR count). The van der Waals surface area contributed by atoms with Crippen LogP contribution in [0.3, 0.4) is 0 Å². The molecule has 0 aliphatic rings. The van der Waals surface area contributed by atoms with Crippen LogP contribution in [0.15, 0.2) is 58.4 Å². The summed E-state index contributed by atoms with van der Waals surface area (Å²) in [6.07, 6.45) is 0.371. The second-order valence-corrected chi connectivity index (χ2v) is 8.69. The number of thioether (sulfide) groups is 1. The van der Waals surface area contributed by atoms with E-state index in [2.05, 4.69) is 10.3 Å². The van der Waals surface area contributed by atoms with Gasteiger partial charge in [-0.2, -0.15) is 4.99 Å². The van der Waals surface area contributed by atoms with Crippen LogP contribution < -0.4 is 10.1 Å². The standard InChI is InChI=1S/C22H25N3O3S2/c1-3-28-13-12-25-19-10-9-17(23-16(2)26)15-20(19)30-22(25)24-21(27)11-14-29-18-7-5-4-6-8-18/h4-10,15H,3,11-14H2,1-2H3,(H,23,26). The van der Waals surface area contributed by atoms with Crippen molar-refractivity contribution >= 4 is 50.8 Å². The van der Waals surface area contributed by atoms with Crippen LogP contribution in [0.2, 0.25) is 0 Å². The Balaban J connectivity index is 1.80. The minimum Gasteiger partial charge on any atom is -0.380 e. The molecule has 30 heavy (non-hydrogen) atoms. The maximum atomic E-state index is 12.5. The fraction of sp³-hybridized carbons (Fsp3) is 0.318. The van der Waals surface area contributed by atoms with Gasteiger partial charge in [-0.15, -0.1) is 11.8 Å². The summed E-state index contributed by atoms with van der Waals surface area (Å²) >= 11 is 3.09. The molecule has 6 nitrogen and oxygen atoms in total. The van der Waals surface area contributed by atoms with E-state index < -0.39 is 0 Å². The number of nitrogens with zero attached hydrogens (tertiary/aromatic N) is 2. The monoisotopic (exact) mass is 443 g/mol. The van der Waals surface area contributed by atoms with Crippen molar-refractivity contribution in [3.63, 3.8) is 0 Å². The molecule has 0 atom stereocenters. The van der Waals surface area contributed by atoms with Crippen molar-refractivity contribution < 1.29 is 14.3 Å². The van der Waals surface area contributed by atoms with Crippen LogP contribution in [-0.2, 0) is 20.9 Å². The van der Waals surface area contributed by atoms with Gasteiger partial charge in [-0.1, -0.05) is 29.5 Å². The number of hydrogen-bond acceptors (Lipinski definition) is 5. The number of carbonyl (C=O) groups is 2. The normalized spacial score (nSPS) is 11.7. The lowest BCUT2D eigenvalue weighted by Gasteiger charge is -2.06. The van der Waals surface area contributed by atoms with E-state index in [4.69, 9.17) is 4.74 Å². The molecule has 0 aliphatic heterocycles. The van der Waals surface area contributed by atoms with E-state index in [1.807, 2.05) is 60.0 Å². The number of fused-ring (bicyclic) bond motifs is 1. The molecule has 1 N–H and O–H groups in total. The molecule has 1 heterocycles. The lowest BCUT2D eigenvalue weighted by atomic mass is 10.3. The van der Waals surface area contributed by atoms with Crippen LogP contribution in [0.4, 0.5) is 5.69 Å². The summed E-state index contributed by atoms with van der Waals surface area (Å²) in [5.41, 5.74) is 1.70. The first-order chi connectivity index (χ1) is 14.6. The lowest BCUT2D eigenvalue weighted by molar-refractivity contribution is -0.117. The van der Waals surface area contributed by atoms with E-state index in [0.717, 1.165) is 20.8 Å². The highest BCUT2D eigenvalue weighted by atomic mass is 32.2. The Bertz CT molecular complexity index is 1070. The van der Waals surface area contributed by atoms with Crippen molar-refractivity contribution in [1.82, 2.24) is 4.57 Å². The second-order valence-electron chi connectivity index (χ2n) is 6.51. The Labute approximate surface area is 184 Å². The van der Waals surface area contributed by atoms with Gasteiger partial charge in [0.1, 0.15) is 0 Å². The smallest absolute Gasteiger partial charge is 0.249 e. The number of carbonyl (C=O) groups excluding carboxylic acids is 2. The maximum Gasteiger partial charge on any atom is 0.249 e. The predicted molar refractivity (Wildman–Crippen MR) is 123 cm³/mol. The molecule has 0 aliphatic carbocycles. The average molecular weight is 444 g/mol. The van der Waals surface area contributed by atoms with Crippen molar-refractivity contribution in [2.24, 2.45) is 4.99 Å². The van der Waals surface area contributed by atoms with Gasteiger partial charge < -0.3 is 14.6 Å². The maximum absolute atomic E-state index is 12.5. The van der Waals surface area contributed by atoms with E-state index in [9.17, 15) is 9.59 Å². The molecule has 0 bridgehead atoms. The minimum atomic E-state index is -0.141. The Morgan fingerprint density at radius 3 is 2.73 bits per heavy atom. The largest absolute Gasteiger partial charge is 0.380 e. The Hall–Kier alpha value is -2.42. The summed E-state index contributed by atoms with van der Waals surface area (Å²) < 4.78 is 8.47. The van der Waals surface area contributed by atoms with Gasteiger partial charge in [0.25, 0.3) is 0 Å². The first kappa shape index (κ1) is 22.3. The van der Waals surface area contributed by atoms with Crippen molar-refractivity contribution in [1.29, 1.82) is 0 Å². The van der Waals surface area contributed by atoms with Crippen molar-refractivity contribution in [3.8, 4) is 0 Å². The van der Waals surface area contributed by atoms with Gasteiger partial charge in [0, 0.05) is 42.8 Å². The van der Waals surface area contributed by atoms with Crippen LogP contribution >= 0.6 is 23.1 Å². The number of amides is 2. The van der Waals surface area contributed by atoms with Gasteiger partial charge >= 0.3 is 0 Å². The minimum absolute atomic E-state index is 0.119. The van der Waals surface area contributed by atoms with Gasteiger partial charge in [-0.05, 0) is 37.3 Å². The van der Waals surface area contributed by atoms with Crippen molar-refractivity contribution in [2.45, 2.75) is 31.7 Å². The van der Waals surface area contributed by atoms with E-state index >= 15 is 0 Å². The first-order valence-corrected chi connectivity index (χ1v) is 11.6. The number of thiazole rings is 1. The second kappa shape index (κ2) is 11.1. The van der Waals surface area contributed by atoms with Crippen LogP contribution in [0.5, 0.6) is 0 Å². The summed E-state index contributed by atoms with van der Waals surface area (Å²) in [6, 6.07) is 15.7. The molecule has 2 aromatic carbocycles. The van der Waals surface area contributed by atoms with Gasteiger partial charge in [0.15, 0.2) is 4.80 Å². The fourth-order valence-electron chi connectivity index (χ4n) is 2.89. The molecule has 2 amide bonds. The molecular formula is C22H25N3O3S2. The summed E-state index contributed by atoms with van der Waals surface area (Å²) in [7, 11) is 0. The highest BCUT2D eigenvalue weighted by molar-refractivity contribution is 7.99. The topological polar surface area (TPSA) is 72.7 Å². The molecule has 1 aromatic heterocycles. The molecular weight excluding hydrogens is 418 g/mol. The third kappa shape index (κ3) is 6.29. The third-order valence-corrected chi connectivity index (χ3v) is 6.27. The van der Waals surface area contributed by atoms with Gasteiger partial charge in [0.05, 0.1) is 16.8 Å². The molecule has 0 radical (unpaired) electrons. The van der Waals surface area contributed by atoms with E-state index in [-0.39, 0.29) is 11.8 Å². The van der Waals surface area contributed by atoms with Crippen LogP contribution in [-0.4, -0.2) is 35.3 Å². The van der Waals surface area contributed by atoms with Crippen molar-refractivity contribution in [2.75, 3.05) is 24.3 Å². The summed E-state index contributed by atoms with van der Waals surface area (Å²) in [5, 5.41) is 2.80. The summed E-state index contributed by atoms with van der Waals surface area (Å²) in [5.74, 6) is 0.423. The molecule has 0 saturated carbocycles. The lowest BCUT2D eigenvalue weighted by Crippen LogP contribution is -2.19. The first-order valence-electron chi connectivity index (χ1n) is 9.81. The quantitative estimate of drug-likeness (QED) is 0.395. The SMILES string of the molecule is CCOCCn1c(=NC(=O)CCSc2ccccc2)sc2cc(NC(C)=O)ccc21. The molecule has 0 spiro atoms. The molecule has 3 aromatic rings. The highest BCUT2D eigenvalue weighted by Gasteiger charge is 2.10. The Morgan fingerprint density at radius 2 is 2.00 bits per heavy atom. The van der Waals surface area contributed by atoms with Crippen LogP contribution in [0.25, 0.3) is 10.2 Å². The highest BCUT2D eigenvalue weighted by Crippen LogP contribution is 2.22. The summed E-state index contributed by atoms with van der Waals surface area (Å²) in [6.45, 7) is 5.22. The molecule has 158 valence electrons. The molecule has 0 fully saturated rings. The molecule has 0 unspecified atom stereocenters. The van der Waals surface area contributed by atoms with Crippen molar-refractivity contribution in [3.05, 3.63) is 53.3 Å². The predicted octanol–water partition coefficient (Wildman–Crippen LogP) is 4.31. The number of benzene rings is 2. The van der Waals surface area contributed by atoms with Crippen LogP contribution in [0, 0.1) is 0 Å². The number of rotatable bonds is 9. The number of anilines is 1. The fourth-order valence-corrected chi connectivity index (χ4v) is 4.87. The zero-order chi connectivity index (χ0) is 21.3. The number of ether oxygens (including phenoxy) is 1. The number of nitrogens with one attached hydrogen (secondary N) is 1. The molecule has 0 saturated heterocycles. The Kier molecular flexibility index (Phi) is 8.24. The van der Waals surface area contributed by atoms with Crippen LogP contribution in [0.1, 0.15) is 20.3 Å². The van der Waals surface area contributed by atoms with Gasteiger partial charge in [-0.3, -0.25) is 9.59 Å². The number of aromatic nitrogens is 1. The number of hydrogen-bond donors (Lipinski definition) is 1. The third-order valence-electron chi connectivity index (χ3n) is 4.21. The summed E-state index contributed by atoms with van der Waals surface area (Å²) in [4.78, 5) is 30.0. The van der Waals surface area contributed by atoms with E-state index in [1.54, 1.807) is 11.8 Å². The zero-order valence-electron chi connectivity index (χ0n) is 17.1. The van der Waals surface area contributed by atoms with E-state index in [0.29, 0.717) is 36.7 Å². The Morgan fingerprint density at radius 1 is 1.20 bits per heavy atom. The van der Waals surface area contributed by atoms with Gasteiger partial charge in [0.2, 0.25) is 11.8 Å². The van der Waals surface area contributed by atoms with Gasteiger partial charge in [-0.25, -0.2) is 0 Å². The van der Waals surface area contributed by atoms with E-state index in [1.165, 1.54) is 18.3 Å². The average Bonchev–Trinajstić information content (AvgIpc) is 3.05.